The molecule has 0 aliphatic rings. The number of nitrogens with zero attached hydrogens (tertiary/aromatic N) is 2. The molecular formula is C20H16N2O2S. The van der Waals surface area contributed by atoms with Crippen molar-refractivity contribution >= 4 is 28.4 Å². The first kappa shape index (κ1) is 17.0. The van der Waals surface area contributed by atoms with Gasteiger partial charge in [0.05, 0.1) is 23.4 Å². The third kappa shape index (κ3) is 3.98. The van der Waals surface area contributed by atoms with Crippen LogP contribution in [0.4, 0.5) is 0 Å². The summed E-state index contributed by atoms with van der Waals surface area (Å²) in [5.74, 6) is 0.991. The fourth-order valence-corrected chi connectivity index (χ4v) is 3.27. The molecule has 25 heavy (non-hydrogen) atoms. The van der Waals surface area contributed by atoms with E-state index < -0.39 is 0 Å². The van der Waals surface area contributed by atoms with E-state index in [4.69, 9.17) is 4.74 Å². The van der Waals surface area contributed by atoms with Gasteiger partial charge in [-0.3, -0.25) is 4.79 Å². The summed E-state index contributed by atoms with van der Waals surface area (Å²) in [7, 11) is 0. The molecule has 3 rings (SSSR count). The summed E-state index contributed by atoms with van der Waals surface area (Å²) < 4.78 is 5.50. The molecule has 4 nitrogen and oxygen atoms in total. The van der Waals surface area contributed by atoms with Gasteiger partial charge in [0.25, 0.3) is 0 Å². The topological polar surface area (TPSA) is 63.0 Å². The molecule has 0 saturated heterocycles. The summed E-state index contributed by atoms with van der Waals surface area (Å²) in [5.41, 5.74) is 1.88. The molecule has 0 amide bonds. The zero-order valence-electron chi connectivity index (χ0n) is 13.7. The largest absolute Gasteiger partial charge is 0.494 e. The van der Waals surface area contributed by atoms with Crippen molar-refractivity contribution in [2.75, 3.05) is 12.4 Å². The maximum Gasteiger partial charge on any atom is 0.173 e. The summed E-state index contributed by atoms with van der Waals surface area (Å²) in [5, 5.41) is 10.8. The molecular weight excluding hydrogens is 332 g/mol. The zero-order valence-corrected chi connectivity index (χ0v) is 14.5. The molecule has 2 aromatic carbocycles. The van der Waals surface area contributed by atoms with E-state index in [0.717, 1.165) is 16.7 Å². The lowest BCUT2D eigenvalue weighted by molar-refractivity contribution is 0.102. The Morgan fingerprint density at radius 3 is 2.72 bits per heavy atom. The Kier molecular flexibility index (Phi) is 5.32. The smallest absolute Gasteiger partial charge is 0.173 e. The van der Waals surface area contributed by atoms with Crippen LogP contribution in [0.25, 0.3) is 10.9 Å². The van der Waals surface area contributed by atoms with Crippen LogP contribution >= 0.6 is 11.8 Å². The minimum absolute atomic E-state index is 0.0134. The summed E-state index contributed by atoms with van der Waals surface area (Å²) >= 11 is 1.28. The summed E-state index contributed by atoms with van der Waals surface area (Å²) in [6.45, 7) is 2.50. The average Bonchev–Trinajstić information content (AvgIpc) is 2.66. The number of benzene rings is 2. The SMILES string of the molecule is CCOc1ccc2cc(C#N)c(SCC(=O)c3ccccc3)nc2c1. The zero-order chi connectivity index (χ0) is 17.6. The molecule has 0 unspecified atom stereocenters. The second kappa shape index (κ2) is 7.82. The van der Waals surface area contributed by atoms with Gasteiger partial charge >= 0.3 is 0 Å². The Bertz CT molecular complexity index is 949. The lowest BCUT2D eigenvalue weighted by Gasteiger charge is -2.08. The van der Waals surface area contributed by atoms with Crippen molar-refractivity contribution in [2.24, 2.45) is 0 Å². The van der Waals surface area contributed by atoms with E-state index in [-0.39, 0.29) is 11.5 Å². The van der Waals surface area contributed by atoms with Crippen LogP contribution in [0.2, 0.25) is 0 Å². The van der Waals surface area contributed by atoms with Crippen molar-refractivity contribution < 1.29 is 9.53 Å². The normalized spacial score (nSPS) is 10.4. The monoisotopic (exact) mass is 348 g/mol. The van der Waals surface area contributed by atoms with E-state index in [1.807, 2.05) is 43.3 Å². The lowest BCUT2D eigenvalue weighted by Crippen LogP contribution is -2.03. The maximum absolute atomic E-state index is 12.3. The van der Waals surface area contributed by atoms with Gasteiger partial charge in [0.2, 0.25) is 0 Å². The van der Waals surface area contributed by atoms with Gasteiger partial charge in [0, 0.05) is 17.0 Å². The molecule has 0 radical (unpaired) electrons. The van der Waals surface area contributed by atoms with Gasteiger partial charge in [-0.2, -0.15) is 5.26 Å². The number of aromatic nitrogens is 1. The Morgan fingerprint density at radius 2 is 2.00 bits per heavy atom. The van der Waals surface area contributed by atoms with Crippen LogP contribution in [0.1, 0.15) is 22.8 Å². The van der Waals surface area contributed by atoms with Crippen molar-refractivity contribution in [3.05, 3.63) is 65.7 Å². The highest BCUT2D eigenvalue weighted by Gasteiger charge is 2.12. The number of carbonyl (C=O) groups is 1. The highest BCUT2D eigenvalue weighted by Crippen LogP contribution is 2.27. The lowest BCUT2D eigenvalue weighted by atomic mass is 10.1. The fraction of sp³-hybridized carbons (Fsp3) is 0.150. The minimum Gasteiger partial charge on any atom is -0.494 e. The van der Waals surface area contributed by atoms with Crippen LogP contribution < -0.4 is 4.74 Å². The molecule has 0 bridgehead atoms. The van der Waals surface area contributed by atoms with Crippen molar-refractivity contribution in [1.29, 1.82) is 5.26 Å². The molecule has 0 N–H and O–H groups in total. The van der Waals surface area contributed by atoms with Gasteiger partial charge < -0.3 is 4.74 Å². The second-order valence-corrected chi connectivity index (χ2v) is 6.28. The Labute approximate surface area is 150 Å². The van der Waals surface area contributed by atoms with Crippen LogP contribution in [0.15, 0.2) is 59.6 Å². The van der Waals surface area contributed by atoms with E-state index in [2.05, 4.69) is 11.1 Å². The van der Waals surface area contributed by atoms with Crippen LogP contribution in [-0.4, -0.2) is 23.1 Å². The molecule has 0 fully saturated rings. The number of carbonyl (C=O) groups excluding carboxylic acids is 1. The van der Waals surface area contributed by atoms with Crippen molar-refractivity contribution in [3.63, 3.8) is 0 Å². The second-order valence-electron chi connectivity index (χ2n) is 5.32. The van der Waals surface area contributed by atoms with E-state index >= 15 is 0 Å². The van der Waals surface area contributed by atoms with Crippen LogP contribution in [0, 0.1) is 11.3 Å². The summed E-state index contributed by atoms with van der Waals surface area (Å²) in [6.07, 6.45) is 0. The molecule has 0 atom stereocenters. The molecule has 0 aliphatic heterocycles. The Morgan fingerprint density at radius 1 is 1.20 bits per heavy atom. The Hall–Kier alpha value is -2.84. The molecule has 3 aromatic rings. The number of pyridine rings is 1. The first-order valence-electron chi connectivity index (χ1n) is 7.90. The molecule has 0 aliphatic carbocycles. The molecule has 0 saturated carbocycles. The minimum atomic E-state index is 0.0134. The van der Waals surface area contributed by atoms with Crippen LogP contribution in [0.3, 0.4) is 0 Å². The first-order valence-corrected chi connectivity index (χ1v) is 8.88. The fourth-order valence-electron chi connectivity index (χ4n) is 2.42. The van der Waals surface area contributed by atoms with Gasteiger partial charge in [0.15, 0.2) is 5.78 Å². The number of hydrogen-bond acceptors (Lipinski definition) is 5. The molecule has 5 heteroatoms. The standard InChI is InChI=1S/C20H16N2O2S/c1-2-24-17-9-8-15-10-16(12-21)20(22-18(15)11-17)25-13-19(23)14-6-4-3-5-7-14/h3-11H,2,13H2,1H3. The van der Waals surface area contributed by atoms with Gasteiger partial charge in [0.1, 0.15) is 16.8 Å². The highest BCUT2D eigenvalue weighted by molar-refractivity contribution is 8.00. The number of ether oxygens (including phenoxy) is 1. The number of ketones is 1. The van der Waals surface area contributed by atoms with E-state index in [1.165, 1.54) is 11.8 Å². The predicted molar refractivity (Wildman–Crippen MR) is 99.1 cm³/mol. The van der Waals surface area contributed by atoms with Crippen LogP contribution in [0.5, 0.6) is 5.75 Å². The summed E-state index contributed by atoms with van der Waals surface area (Å²) in [6, 6.07) is 18.7. The molecule has 0 spiro atoms. The van der Waals surface area contributed by atoms with E-state index in [0.29, 0.717) is 22.8 Å². The maximum atomic E-state index is 12.3. The Balaban J connectivity index is 1.86. The number of thioether (sulfide) groups is 1. The van der Waals surface area contributed by atoms with Crippen molar-refractivity contribution in [2.45, 2.75) is 11.9 Å². The molecule has 124 valence electrons. The van der Waals surface area contributed by atoms with Gasteiger partial charge in [-0.25, -0.2) is 4.98 Å². The third-order valence-corrected chi connectivity index (χ3v) is 4.61. The van der Waals surface area contributed by atoms with E-state index in [9.17, 15) is 10.1 Å². The van der Waals surface area contributed by atoms with Gasteiger partial charge in [-0.05, 0) is 25.1 Å². The van der Waals surface area contributed by atoms with Gasteiger partial charge in [-0.15, -0.1) is 0 Å². The number of fused-ring (bicyclic) bond motifs is 1. The summed E-state index contributed by atoms with van der Waals surface area (Å²) in [4.78, 5) is 16.8. The quantitative estimate of drug-likeness (QED) is 0.485. The molecule has 1 heterocycles. The number of nitriles is 1. The van der Waals surface area contributed by atoms with Crippen LogP contribution in [-0.2, 0) is 0 Å². The number of rotatable bonds is 6. The molecule has 1 aromatic heterocycles. The first-order chi connectivity index (χ1) is 12.2. The number of Topliss-reactive ketones (excluding diaryl/α,β-unsaturated/α-hetero) is 1. The number of hydrogen-bond donors (Lipinski definition) is 0. The van der Waals surface area contributed by atoms with Crippen molar-refractivity contribution in [1.82, 2.24) is 4.98 Å². The highest BCUT2D eigenvalue weighted by atomic mass is 32.2. The van der Waals surface area contributed by atoms with E-state index in [1.54, 1.807) is 18.2 Å². The average molecular weight is 348 g/mol. The van der Waals surface area contributed by atoms with Gasteiger partial charge in [-0.1, -0.05) is 42.1 Å². The van der Waals surface area contributed by atoms with Crippen molar-refractivity contribution in [3.8, 4) is 11.8 Å². The third-order valence-electron chi connectivity index (χ3n) is 3.62. The predicted octanol–water partition coefficient (Wildman–Crippen LogP) is 4.48.